The van der Waals surface area contributed by atoms with Crippen LogP contribution in [0.1, 0.15) is 62.0 Å². The van der Waals surface area contributed by atoms with Crippen LogP contribution in [0.2, 0.25) is 0 Å². The van der Waals surface area contributed by atoms with Crippen LogP contribution in [-0.2, 0) is 25.6 Å². The van der Waals surface area contributed by atoms with Gasteiger partial charge < -0.3 is 26.4 Å². The summed E-state index contributed by atoms with van der Waals surface area (Å²) in [5.74, 6) is -0.879. The highest BCUT2D eigenvalue weighted by Crippen LogP contribution is 2.13. The lowest BCUT2D eigenvalue weighted by Gasteiger charge is -2.29. The number of quaternary nitrogens is 1. The summed E-state index contributed by atoms with van der Waals surface area (Å²) in [5.41, 5.74) is 1.17. The van der Waals surface area contributed by atoms with Crippen LogP contribution in [0.4, 0.5) is 0 Å². The fourth-order valence-electron chi connectivity index (χ4n) is 2.68. The number of rotatable bonds is 10. The number of nitrogens with zero attached hydrogens (tertiary/aromatic N) is 1. The molecule has 0 aromatic heterocycles. The Labute approximate surface area is 197 Å². The maximum atomic E-state index is 12.2. The van der Waals surface area contributed by atoms with Crippen LogP contribution in [0.25, 0.3) is 0 Å². The van der Waals surface area contributed by atoms with Crippen molar-refractivity contribution >= 4 is 23.5 Å². The number of carbonyl (C=O) groups excluding carboxylic acids is 2. The van der Waals surface area contributed by atoms with E-state index in [4.69, 9.17) is 21.1 Å². The Hall–Kier alpha value is -1.30. The fraction of sp³-hybridized carbons (Fsp3) is 0.652. The molecule has 1 rings (SSSR count). The standard InChI is InChI=1S/C19H29ClNO4.4CH4.ClH/c1-5-17(25-18(22)12-20)11-15(2)24-19(23)14-21(3,4)13-16-9-7-6-8-10-16;;;;;/h6-10,15,17H,5,11-14H2,1-4H3;4*1H4;1H/q+1;;;;;/p-1. The number of carbonyl (C=O) groups is 2. The third kappa shape index (κ3) is 16.5. The van der Waals surface area contributed by atoms with Crippen molar-refractivity contribution in [2.45, 2.75) is 75.1 Å². The number of esters is 2. The molecule has 0 aliphatic rings. The van der Waals surface area contributed by atoms with Gasteiger partial charge in [0.05, 0.1) is 14.1 Å². The van der Waals surface area contributed by atoms with Gasteiger partial charge in [-0.05, 0) is 13.3 Å². The molecule has 0 heterocycles. The molecule has 0 spiro atoms. The minimum atomic E-state index is -0.451. The number of hydrogen-bond acceptors (Lipinski definition) is 4. The van der Waals surface area contributed by atoms with Gasteiger partial charge in [-0.1, -0.05) is 67.0 Å². The third-order valence-corrected chi connectivity index (χ3v) is 4.02. The molecule has 0 aliphatic carbocycles. The Balaban J connectivity index is -0.000000417. The summed E-state index contributed by atoms with van der Waals surface area (Å²) in [6, 6.07) is 10.0. The van der Waals surface area contributed by atoms with Crippen molar-refractivity contribution < 1.29 is 36.0 Å². The number of halogens is 2. The highest BCUT2D eigenvalue weighted by molar-refractivity contribution is 6.26. The van der Waals surface area contributed by atoms with E-state index in [1.54, 1.807) is 0 Å². The van der Waals surface area contributed by atoms with E-state index < -0.39 is 5.97 Å². The molecule has 0 amide bonds. The summed E-state index contributed by atoms with van der Waals surface area (Å²) >= 11 is 5.45. The molecule has 30 heavy (non-hydrogen) atoms. The van der Waals surface area contributed by atoms with Crippen LogP contribution >= 0.6 is 11.6 Å². The Morgan fingerprint density at radius 1 is 1.00 bits per heavy atom. The van der Waals surface area contributed by atoms with Crippen LogP contribution < -0.4 is 12.4 Å². The fourth-order valence-corrected chi connectivity index (χ4v) is 2.74. The first-order chi connectivity index (χ1) is 11.8. The van der Waals surface area contributed by atoms with E-state index in [1.165, 1.54) is 5.56 Å². The van der Waals surface area contributed by atoms with E-state index in [0.29, 0.717) is 17.3 Å². The van der Waals surface area contributed by atoms with E-state index in [1.807, 2.05) is 58.3 Å². The molecule has 0 saturated heterocycles. The molecule has 5 nitrogen and oxygen atoms in total. The molecule has 2 unspecified atom stereocenters. The Morgan fingerprint density at radius 3 is 2.00 bits per heavy atom. The molecule has 2 atom stereocenters. The van der Waals surface area contributed by atoms with Gasteiger partial charge in [0.25, 0.3) is 0 Å². The molecular weight excluding hydrogens is 425 g/mol. The summed E-state index contributed by atoms with van der Waals surface area (Å²) in [7, 11) is 3.99. The van der Waals surface area contributed by atoms with Gasteiger partial charge in [-0.25, -0.2) is 4.79 Å². The number of likely N-dealkylation sites (N-methyl/N-ethyl adjacent to an activating group) is 1. The molecule has 0 N–H and O–H groups in total. The molecule has 1 aromatic carbocycles. The maximum Gasteiger partial charge on any atom is 0.362 e. The molecule has 7 heteroatoms. The van der Waals surface area contributed by atoms with Gasteiger partial charge >= 0.3 is 11.9 Å². The van der Waals surface area contributed by atoms with Gasteiger partial charge in [-0.3, -0.25) is 4.79 Å². The quantitative estimate of drug-likeness (QED) is 0.300. The van der Waals surface area contributed by atoms with Crippen molar-refractivity contribution in [2.24, 2.45) is 0 Å². The van der Waals surface area contributed by atoms with Crippen molar-refractivity contribution in [3.8, 4) is 0 Å². The average Bonchev–Trinajstić information content (AvgIpc) is 2.53. The summed E-state index contributed by atoms with van der Waals surface area (Å²) in [6.07, 6.45) is 0.509. The topological polar surface area (TPSA) is 52.6 Å². The minimum Gasteiger partial charge on any atom is -1.00 e. The van der Waals surface area contributed by atoms with Crippen LogP contribution in [-0.4, -0.2) is 55.1 Å². The first-order valence-corrected chi connectivity index (χ1v) is 9.10. The van der Waals surface area contributed by atoms with Crippen LogP contribution in [0, 0.1) is 0 Å². The normalized spacial score (nSPS) is 11.5. The number of hydrogen-bond donors (Lipinski definition) is 0. The lowest BCUT2D eigenvalue weighted by molar-refractivity contribution is -0.896. The van der Waals surface area contributed by atoms with E-state index in [0.717, 1.165) is 6.54 Å². The molecule has 0 aliphatic heterocycles. The second kappa shape index (κ2) is 19.7. The second-order valence-corrected chi connectivity index (χ2v) is 7.19. The van der Waals surface area contributed by atoms with Crippen LogP contribution in [0.5, 0.6) is 0 Å². The van der Waals surface area contributed by atoms with Crippen molar-refractivity contribution in [1.82, 2.24) is 0 Å². The Bertz CT molecular complexity index is 553. The Morgan fingerprint density at radius 2 is 1.53 bits per heavy atom. The molecule has 0 fully saturated rings. The smallest absolute Gasteiger partial charge is 0.362 e. The van der Waals surface area contributed by atoms with E-state index >= 15 is 0 Å². The van der Waals surface area contributed by atoms with E-state index in [9.17, 15) is 9.59 Å². The zero-order valence-electron chi connectivity index (χ0n) is 15.9. The molecule has 0 saturated carbocycles. The van der Waals surface area contributed by atoms with Crippen LogP contribution in [0.3, 0.4) is 0 Å². The lowest BCUT2D eigenvalue weighted by Crippen LogP contribution is -3.00. The van der Waals surface area contributed by atoms with E-state index in [-0.39, 0.29) is 72.7 Å². The number of ether oxygens (including phenoxy) is 2. The van der Waals surface area contributed by atoms with Crippen molar-refractivity contribution in [2.75, 3.05) is 26.5 Å². The molecule has 180 valence electrons. The zero-order chi connectivity index (χ0) is 18.9. The lowest BCUT2D eigenvalue weighted by atomic mass is 10.1. The Kier molecular flexibility index (Phi) is 25.7. The highest BCUT2D eigenvalue weighted by Gasteiger charge is 2.24. The molecule has 0 radical (unpaired) electrons. The summed E-state index contributed by atoms with van der Waals surface area (Å²) in [5, 5.41) is 0. The summed E-state index contributed by atoms with van der Waals surface area (Å²) in [4.78, 5) is 23.5. The summed E-state index contributed by atoms with van der Waals surface area (Å²) in [6.45, 7) is 4.75. The van der Waals surface area contributed by atoms with Gasteiger partial charge in [-0.15, -0.1) is 11.6 Å². The van der Waals surface area contributed by atoms with Crippen molar-refractivity contribution in [3.63, 3.8) is 0 Å². The second-order valence-electron chi connectivity index (χ2n) is 6.93. The molecule has 1 aromatic rings. The first-order valence-electron chi connectivity index (χ1n) is 8.56. The largest absolute Gasteiger partial charge is 1.00 e. The highest BCUT2D eigenvalue weighted by atomic mass is 35.5. The van der Waals surface area contributed by atoms with Gasteiger partial charge in [-0.2, -0.15) is 0 Å². The summed E-state index contributed by atoms with van der Waals surface area (Å²) < 4.78 is 11.2. The van der Waals surface area contributed by atoms with E-state index in [2.05, 4.69) is 0 Å². The van der Waals surface area contributed by atoms with Crippen molar-refractivity contribution in [1.29, 1.82) is 0 Å². The van der Waals surface area contributed by atoms with Gasteiger partial charge in [0.1, 0.15) is 24.6 Å². The number of alkyl halides is 1. The predicted octanol–water partition coefficient (Wildman–Crippen LogP) is 2.69. The van der Waals surface area contributed by atoms with Crippen molar-refractivity contribution in [3.05, 3.63) is 35.9 Å². The average molecular weight is 471 g/mol. The molecule has 0 bridgehead atoms. The monoisotopic (exact) mass is 469 g/mol. The van der Waals surface area contributed by atoms with Crippen LogP contribution in [0.15, 0.2) is 30.3 Å². The third-order valence-electron chi connectivity index (χ3n) is 3.80. The van der Waals surface area contributed by atoms with Gasteiger partial charge in [0.2, 0.25) is 0 Å². The SMILES string of the molecule is C.C.C.C.CCC(CC(C)OC(=O)C[N+](C)(C)Cc1ccccc1)OC(=O)CCl.[Cl-]. The van der Waals surface area contributed by atoms with Gasteiger partial charge in [0, 0.05) is 12.0 Å². The van der Waals surface area contributed by atoms with Gasteiger partial charge in [0.15, 0.2) is 6.54 Å². The maximum absolute atomic E-state index is 12.2. The molecular formula is C23H45Cl2NO4. The first kappa shape index (κ1) is 39.2. The zero-order valence-corrected chi connectivity index (χ0v) is 17.4. The predicted molar refractivity (Wildman–Crippen MR) is 125 cm³/mol. The number of benzene rings is 1. The minimum absolute atomic E-state index is 0.